The van der Waals surface area contributed by atoms with E-state index in [1.807, 2.05) is 0 Å². The first-order valence-corrected chi connectivity index (χ1v) is 7.75. The van der Waals surface area contributed by atoms with E-state index in [2.05, 4.69) is 9.71 Å². The number of carbonyl (C=O) groups is 1. The second-order valence-corrected chi connectivity index (χ2v) is 6.36. The first-order chi connectivity index (χ1) is 9.40. The topological polar surface area (TPSA) is 113 Å². The highest BCUT2D eigenvalue weighted by Gasteiger charge is 2.36. The molecule has 1 aromatic rings. The molecule has 1 aliphatic rings. The van der Waals surface area contributed by atoms with Crippen LogP contribution in [-0.2, 0) is 21.5 Å². The summed E-state index contributed by atoms with van der Waals surface area (Å²) in [6.07, 6.45) is 3.18. The minimum absolute atomic E-state index is 0.0982. The summed E-state index contributed by atoms with van der Waals surface area (Å²) in [6.45, 7) is 1.81. The molecule has 1 atom stereocenters. The molecule has 1 saturated heterocycles. The Kier molecular flexibility index (Phi) is 4.41. The van der Waals surface area contributed by atoms with E-state index in [0.29, 0.717) is 25.0 Å². The summed E-state index contributed by atoms with van der Waals surface area (Å²) in [5.41, 5.74) is 0. The van der Waals surface area contributed by atoms with Crippen molar-refractivity contribution in [3.63, 3.8) is 0 Å². The summed E-state index contributed by atoms with van der Waals surface area (Å²) < 4.78 is 32.8. The maximum absolute atomic E-state index is 12.2. The standard InChI is InChI=1S/C11H17N3O5S/c1-8-6-12-10(19-8)7-13-20(17,18)14-5-3-2-4-9(14)11(15)16/h6,9,13H,2-5,7H2,1H3,(H,15,16). The fourth-order valence-electron chi connectivity index (χ4n) is 2.16. The molecule has 1 unspecified atom stereocenters. The van der Waals surface area contributed by atoms with Gasteiger partial charge in [0.2, 0.25) is 5.89 Å². The van der Waals surface area contributed by atoms with Gasteiger partial charge in [0.15, 0.2) is 0 Å². The van der Waals surface area contributed by atoms with Gasteiger partial charge in [0.1, 0.15) is 11.8 Å². The average Bonchev–Trinajstić information content (AvgIpc) is 2.82. The van der Waals surface area contributed by atoms with E-state index in [9.17, 15) is 13.2 Å². The van der Waals surface area contributed by atoms with Crippen molar-refractivity contribution in [1.29, 1.82) is 0 Å². The van der Waals surface area contributed by atoms with Crippen LogP contribution in [0.1, 0.15) is 30.9 Å². The van der Waals surface area contributed by atoms with Crippen molar-refractivity contribution in [2.75, 3.05) is 6.54 Å². The summed E-state index contributed by atoms with van der Waals surface area (Å²) in [6, 6.07) is -1.01. The predicted molar refractivity (Wildman–Crippen MR) is 69.0 cm³/mol. The van der Waals surface area contributed by atoms with Crippen molar-refractivity contribution in [2.45, 2.75) is 38.8 Å². The van der Waals surface area contributed by atoms with E-state index in [0.717, 1.165) is 4.31 Å². The van der Waals surface area contributed by atoms with Crippen LogP contribution in [0, 0.1) is 6.92 Å². The lowest BCUT2D eigenvalue weighted by atomic mass is 10.1. The van der Waals surface area contributed by atoms with Gasteiger partial charge in [-0.05, 0) is 26.2 Å². The lowest BCUT2D eigenvalue weighted by molar-refractivity contribution is -0.142. The number of carboxylic acid groups (broad SMARTS) is 1. The average molecular weight is 303 g/mol. The van der Waals surface area contributed by atoms with E-state index < -0.39 is 22.2 Å². The van der Waals surface area contributed by atoms with Gasteiger partial charge in [-0.1, -0.05) is 0 Å². The van der Waals surface area contributed by atoms with Crippen molar-refractivity contribution >= 4 is 16.2 Å². The summed E-state index contributed by atoms with van der Waals surface area (Å²) in [7, 11) is -3.86. The van der Waals surface area contributed by atoms with Crippen LogP contribution in [0.3, 0.4) is 0 Å². The number of hydrogen-bond acceptors (Lipinski definition) is 5. The summed E-state index contributed by atoms with van der Waals surface area (Å²) in [4.78, 5) is 15.0. The molecule has 9 heteroatoms. The van der Waals surface area contributed by atoms with E-state index in [-0.39, 0.29) is 19.0 Å². The number of oxazole rings is 1. The molecule has 8 nitrogen and oxygen atoms in total. The molecule has 0 spiro atoms. The molecule has 2 rings (SSSR count). The molecule has 20 heavy (non-hydrogen) atoms. The van der Waals surface area contributed by atoms with Gasteiger partial charge in [-0.15, -0.1) is 0 Å². The van der Waals surface area contributed by atoms with Gasteiger partial charge < -0.3 is 9.52 Å². The van der Waals surface area contributed by atoms with Crippen molar-refractivity contribution in [3.05, 3.63) is 17.8 Å². The van der Waals surface area contributed by atoms with Crippen LogP contribution in [0.15, 0.2) is 10.6 Å². The molecule has 0 aromatic carbocycles. The number of carboxylic acids is 1. The molecule has 1 fully saturated rings. The molecule has 2 heterocycles. The summed E-state index contributed by atoms with van der Waals surface area (Å²) in [5, 5.41) is 9.10. The smallest absolute Gasteiger partial charge is 0.322 e. The maximum Gasteiger partial charge on any atom is 0.322 e. The number of rotatable bonds is 5. The molecule has 1 aromatic heterocycles. The van der Waals surface area contributed by atoms with Crippen LogP contribution in [0.4, 0.5) is 0 Å². The van der Waals surface area contributed by atoms with Crippen molar-refractivity contribution in [1.82, 2.24) is 14.0 Å². The van der Waals surface area contributed by atoms with Gasteiger partial charge in [-0.3, -0.25) is 4.79 Å². The molecule has 0 saturated carbocycles. The number of aromatic nitrogens is 1. The van der Waals surface area contributed by atoms with E-state index in [4.69, 9.17) is 9.52 Å². The van der Waals surface area contributed by atoms with Crippen LogP contribution >= 0.6 is 0 Å². The lowest BCUT2D eigenvalue weighted by Crippen LogP contribution is -2.51. The van der Waals surface area contributed by atoms with Gasteiger partial charge in [0.05, 0.1) is 12.7 Å². The number of aryl methyl sites for hydroxylation is 1. The predicted octanol–water partition coefficient (Wildman–Crippen LogP) is 0.257. The van der Waals surface area contributed by atoms with E-state index >= 15 is 0 Å². The highest BCUT2D eigenvalue weighted by Crippen LogP contribution is 2.20. The third kappa shape index (κ3) is 3.35. The van der Waals surface area contributed by atoms with Crippen molar-refractivity contribution in [2.24, 2.45) is 0 Å². The highest BCUT2D eigenvalue weighted by molar-refractivity contribution is 7.87. The fraction of sp³-hybridized carbons (Fsp3) is 0.636. The number of aliphatic carboxylic acids is 1. The largest absolute Gasteiger partial charge is 0.480 e. The Balaban J connectivity index is 2.06. The minimum atomic E-state index is -3.86. The fourth-order valence-corrected chi connectivity index (χ4v) is 3.53. The Morgan fingerprint density at radius 1 is 1.60 bits per heavy atom. The second kappa shape index (κ2) is 5.90. The van der Waals surface area contributed by atoms with E-state index in [1.54, 1.807) is 6.92 Å². The Morgan fingerprint density at radius 2 is 2.35 bits per heavy atom. The molecule has 0 aliphatic carbocycles. The van der Waals surface area contributed by atoms with Gasteiger partial charge in [-0.25, -0.2) is 4.98 Å². The lowest BCUT2D eigenvalue weighted by Gasteiger charge is -2.31. The normalized spacial score (nSPS) is 20.9. The van der Waals surface area contributed by atoms with Crippen molar-refractivity contribution in [3.8, 4) is 0 Å². The molecule has 112 valence electrons. The number of piperidine rings is 1. The highest BCUT2D eigenvalue weighted by atomic mass is 32.2. The number of nitrogens with zero attached hydrogens (tertiary/aromatic N) is 2. The molecule has 1 aliphatic heterocycles. The minimum Gasteiger partial charge on any atom is -0.480 e. The van der Waals surface area contributed by atoms with Crippen molar-refractivity contribution < 1.29 is 22.7 Å². The summed E-state index contributed by atoms with van der Waals surface area (Å²) >= 11 is 0. The number of hydrogen-bond donors (Lipinski definition) is 2. The zero-order valence-electron chi connectivity index (χ0n) is 11.1. The molecular weight excluding hydrogens is 286 g/mol. The van der Waals surface area contributed by atoms with Gasteiger partial charge in [0, 0.05) is 6.54 Å². The first-order valence-electron chi connectivity index (χ1n) is 6.30. The Hall–Kier alpha value is -1.45. The Labute approximate surface area is 117 Å². The SMILES string of the molecule is Cc1cnc(CNS(=O)(=O)N2CCCCC2C(=O)O)o1. The molecular formula is C11H17N3O5S. The maximum atomic E-state index is 12.2. The van der Waals surface area contributed by atoms with Crippen LogP contribution in [0.25, 0.3) is 0 Å². The Bertz CT molecular complexity index is 583. The van der Waals surface area contributed by atoms with Crippen LogP contribution in [0.2, 0.25) is 0 Å². The first kappa shape index (κ1) is 14.9. The summed E-state index contributed by atoms with van der Waals surface area (Å²) in [5.74, 6) is -0.294. The second-order valence-electron chi connectivity index (χ2n) is 4.65. The molecule has 0 bridgehead atoms. The third-order valence-corrected chi connectivity index (χ3v) is 4.69. The van der Waals surface area contributed by atoms with E-state index in [1.165, 1.54) is 6.20 Å². The molecule has 2 N–H and O–H groups in total. The Morgan fingerprint density at radius 3 is 2.95 bits per heavy atom. The third-order valence-electron chi connectivity index (χ3n) is 3.12. The monoisotopic (exact) mass is 303 g/mol. The van der Waals surface area contributed by atoms with Gasteiger partial charge in [-0.2, -0.15) is 17.4 Å². The number of nitrogens with one attached hydrogen (secondary N) is 1. The zero-order valence-corrected chi connectivity index (χ0v) is 11.9. The van der Waals surface area contributed by atoms with Crippen LogP contribution in [0.5, 0.6) is 0 Å². The quantitative estimate of drug-likeness (QED) is 0.806. The van der Waals surface area contributed by atoms with Crippen LogP contribution < -0.4 is 4.72 Å². The van der Waals surface area contributed by atoms with Crippen LogP contribution in [-0.4, -0.2) is 41.4 Å². The van der Waals surface area contributed by atoms with Gasteiger partial charge in [0.25, 0.3) is 10.2 Å². The molecule has 0 amide bonds. The molecule has 0 radical (unpaired) electrons. The van der Waals surface area contributed by atoms with Gasteiger partial charge >= 0.3 is 5.97 Å². The zero-order chi connectivity index (χ0) is 14.8.